The van der Waals surface area contributed by atoms with Crippen molar-refractivity contribution < 1.29 is 9.90 Å². The van der Waals surface area contributed by atoms with E-state index in [0.29, 0.717) is 17.4 Å². The molecular weight excluding hydrogens is 238 g/mol. The molecule has 0 radical (unpaired) electrons. The highest BCUT2D eigenvalue weighted by Crippen LogP contribution is 2.29. The number of nitrogens with one attached hydrogen (secondary N) is 1. The molecule has 0 aromatic heterocycles. The Labute approximate surface area is 115 Å². The molecular formula is C16H23NO2. The van der Waals surface area contributed by atoms with E-state index in [1.54, 1.807) is 18.2 Å². The van der Waals surface area contributed by atoms with Crippen molar-refractivity contribution in [2.75, 3.05) is 6.54 Å². The minimum atomic E-state index is -0.0322. The lowest BCUT2D eigenvalue weighted by atomic mass is 9.80. The van der Waals surface area contributed by atoms with Gasteiger partial charge in [0.2, 0.25) is 0 Å². The number of hydrogen-bond donors (Lipinski definition) is 2. The van der Waals surface area contributed by atoms with Crippen LogP contribution >= 0.6 is 0 Å². The van der Waals surface area contributed by atoms with Crippen molar-refractivity contribution >= 4 is 5.91 Å². The van der Waals surface area contributed by atoms with E-state index in [1.807, 2.05) is 6.92 Å². The lowest BCUT2D eigenvalue weighted by molar-refractivity contribution is 0.0936. The predicted molar refractivity (Wildman–Crippen MR) is 76.3 cm³/mol. The number of rotatable bonds is 3. The summed E-state index contributed by atoms with van der Waals surface area (Å²) in [7, 11) is 0. The normalized spacial score (nSPS) is 23.1. The standard InChI is InChI=1S/C16H23NO2/c1-11-5-3-4-6-13(11)10-17-16(19)15-8-7-14(18)9-12(15)2/h7-9,11,13,18H,3-6,10H2,1-2H3,(H,17,19). The quantitative estimate of drug-likeness (QED) is 0.877. The molecule has 2 N–H and O–H groups in total. The van der Waals surface area contributed by atoms with Gasteiger partial charge in [-0.05, 0) is 48.9 Å². The van der Waals surface area contributed by atoms with Crippen molar-refractivity contribution in [1.29, 1.82) is 0 Å². The number of phenols is 1. The summed E-state index contributed by atoms with van der Waals surface area (Å²) in [6.07, 6.45) is 5.10. The Morgan fingerprint density at radius 2 is 2.11 bits per heavy atom. The predicted octanol–water partition coefficient (Wildman–Crippen LogP) is 3.26. The van der Waals surface area contributed by atoms with Gasteiger partial charge in [0.15, 0.2) is 0 Å². The summed E-state index contributed by atoms with van der Waals surface area (Å²) < 4.78 is 0. The average Bonchev–Trinajstić information content (AvgIpc) is 2.37. The number of aryl methyl sites for hydroxylation is 1. The van der Waals surface area contributed by atoms with Crippen LogP contribution in [-0.4, -0.2) is 17.6 Å². The van der Waals surface area contributed by atoms with Gasteiger partial charge >= 0.3 is 0 Å². The molecule has 1 aliphatic rings. The molecule has 0 heterocycles. The molecule has 0 bridgehead atoms. The third-order valence-electron chi connectivity index (χ3n) is 4.27. The minimum Gasteiger partial charge on any atom is -0.508 e. The summed E-state index contributed by atoms with van der Waals surface area (Å²) in [5.74, 6) is 1.48. The molecule has 0 spiro atoms. The van der Waals surface area contributed by atoms with Gasteiger partial charge in [-0.2, -0.15) is 0 Å². The van der Waals surface area contributed by atoms with Crippen LogP contribution in [0.5, 0.6) is 5.75 Å². The number of carbonyl (C=O) groups excluding carboxylic acids is 1. The molecule has 3 nitrogen and oxygen atoms in total. The summed E-state index contributed by atoms with van der Waals surface area (Å²) in [6.45, 7) is 4.89. The molecule has 3 heteroatoms. The molecule has 2 atom stereocenters. The van der Waals surface area contributed by atoms with Crippen molar-refractivity contribution in [3.63, 3.8) is 0 Å². The maximum Gasteiger partial charge on any atom is 0.251 e. The maximum atomic E-state index is 12.1. The molecule has 0 saturated heterocycles. The first-order chi connectivity index (χ1) is 9.08. The monoisotopic (exact) mass is 261 g/mol. The fraction of sp³-hybridized carbons (Fsp3) is 0.562. The van der Waals surface area contributed by atoms with Crippen LogP contribution in [0.25, 0.3) is 0 Å². The summed E-state index contributed by atoms with van der Waals surface area (Å²) in [6, 6.07) is 4.87. The highest BCUT2D eigenvalue weighted by Gasteiger charge is 2.22. The Morgan fingerprint density at radius 1 is 1.37 bits per heavy atom. The summed E-state index contributed by atoms with van der Waals surface area (Å²) in [5, 5.41) is 12.4. The second kappa shape index (κ2) is 6.09. The molecule has 1 fully saturated rings. The number of amides is 1. The van der Waals surface area contributed by atoms with E-state index in [9.17, 15) is 9.90 Å². The molecule has 1 aliphatic carbocycles. The molecule has 104 valence electrons. The summed E-state index contributed by atoms with van der Waals surface area (Å²) in [5.41, 5.74) is 1.47. The van der Waals surface area contributed by atoms with Gasteiger partial charge in [0.1, 0.15) is 5.75 Å². The van der Waals surface area contributed by atoms with E-state index in [2.05, 4.69) is 12.2 Å². The van der Waals surface area contributed by atoms with Crippen LogP contribution in [0.2, 0.25) is 0 Å². The molecule has 19 heavy (non-hydrogen) atoms. The van der Waals surface area contributed by atoms with Crippen LogP contribution in [0.15, 0.2) is 18.2 Å². The molecule has 1 amide bonds. The maximum absolute atomic E-state index is 12.1. The SMILES string of the molecule is Cc1cc(O)ccc1C(=O)NCC1CCCCC1C. The number of carbonyl (C=O) groups is 1. The Bertz CT molecular complexity index is 456. The highest BCUT2D eigenvalue weighted by molar-refractivity contribution is 5.95. The van der Waals surface area contributed by atoms with Gasteiger partial charge in [0.25, 0.3) is 5.91 Å². The van der Waals surface area contributed by atoms with Crippen LogP contribution in [-0.2, 0) is 0 Å². The lowest BCUT2D eigenvalue weighted by Crippen LogP contribution is -2.33. The molecule has 1 aromatic rings. The van der Waals surface area contributed by atoms with Gasteiger partial charge < -0.3 is 10.4 Å². The second-order valence-electron chi connectivity index (χ2n) is 5.73. The van der Waals surface area contributed by atoms with Gasteiger partial charge in [-0.15, -0.1) is 0 Å². The Kier molecular flexibility index (Phi) is 4.46. The van der Waals surface area contributed by atoms with Gasteiger partial charge in [-0.3, -0.25) is 4.79 Å². The summed E-state index contributed by atoms with van der Waals surface area (Å²) >= 11 is 0. The first-order valence-corrected chi connectivity index (χ1v) is 7.15. The molecule has 0 aliphatic heterocycles. The number of phenolic OH excluding ortho intramolecular Hbond substituents is 1. The van der Waals surface area contributed by atoms with Crippen LogP contribution in [0.3, 0.4) is 0 Å². The zero-order chi connectivity index (χ0) is 13.8. The lowest BCUT2D eigenvalue weighted by Gasteiger charge is -2.28. The van der Waals surface area contributed by atoms with Crippen molar-refractivity contribution in [3.05, 3.63) is 29.3 Å². The van der Waals surface area contributed by atoms with E-state index >= 15 is 0 Å². The van der Waals surface area contributed by atoms with Crippen LogP contribution in [0, 0.1) is 18.8 Å². The molecule has 2 rings (SSSR count). The zero-order valence-corrected chi connectivity index (χ0v) is 11.8. The third-order valence-corrected chi connectivity index (χ3v) is 4.27. The fourth-order valence-electron chi connectivity index (χ4n) is 2.92. The van der Waals surface area contributed by atoms with E-state index in [4.69, 9.17) is 0 Å². The van der Waals surface area contributed by atoms with E-state index in [0.717, 1.165) is 12.1 Å². The number of hydrogen-bond acceptors (Lipinski definition) is 2. The fourth-order valence-corrected chi connectivity index (χ4v) is 2.92. The van der Waals surface area contributed by atoms with Crippen molar-refractivity contribution in [2.24, 2.45) is 11.8 Å². The van der Waals surface area contributed by atoms with E-state index in [1.165, 1.54) is 25.7 Å². The van der Waals surface area contributed by atoms with Crippen molar-refractivity contribution in [2.45, 2.75) is 39.5 Å². The first kappa shape index (κ1) is 13.9. The van der Waals surface area contributed by atoms with Gasteiger partial charge in [-0.1, -0.05) is 26.2 Å². The Morgan fingerprint density at radius 3 is 2.79 bits per heavy atom. The van der Waals surface area contributed by atoms with Crippen LogP contribution < -0.4 is 5.32 Å². The van der Waals surface area contributed by atoms with Crippen molar-refractivity contribution in [3.8, 4) is 5.75 Å². The van der Waals surface area contributed by atoms with E-state index < -0.39 is 0 Å². The van der Waals surface area contributed by atoms with Gasteiger partial charge in [0, 0.05) is 12.1 Å². The third kappa shape index (κ3) is 3.49. The topological polar surface area (TPSA) is 49.3 Å². The van der Waals surface area contributed by atoms with Crippen molar-refractivity contribution in [1.82, 2.24) is 5.32 Å². The smallest absolute Gasteiger partial charge is 0.251 e. The molecule has 1 aromatic carbocycles. The minimum absolute atomic E-state index is 0.0322. The van der Waals surface area contributed by atoms with Gasteiger partial charge in [-0.25, -0.2) is 0 Å². The largest absolute Gasteiger partial charge is 0.508 e. The second-order valence-corrected chi connectivity index (χ2v) is 5.73. The highest BCUT2D eigenvalue weighted by atomic mass is 16.3. The summed E-state index contributed by atoms with van der Waals surface area (Å²) in [4.78, 5) is 12.1. The van der Waals surface area contributed by atoms with E-state index in [-0.39, 0.29) is 11.7 Å². The average molecular weight is 261 g/mol. The van der Waals surface area contributed by atoms with Crippen LogP contribution in [0.1, 0.15) is 48.5 Å². The van der Waals surface area contributed by atoms with Gasteiger partial charge in [0.05, 0.1) is 0 Å². The molecule has 2 unspecified atom stereocenters. The first-order valence-electron chi connectivity index (χ1n) is 7.15. The zero-order valence-electron chi connectivity index (χ0n) is 11.8. The van der Waals surface area contributed by atoms with Crippen LogP contribution in [0.4, 0.5) is 0 Å². The number of aromatic hydroxyl groups is 1. The number of benzene rings is 1. The Hall–Kier alpha value is -1.51. The Balaban J connectivity index is 1.93. The molecule has 1 saturated carbocycles.